The molecule has 1 aromatic heterocycles. The van der Waals surface area contributed by atoms with Gasteiger partial charge in [-0.25, -0.2) is 0 Å². The number of hydrogen-bond donors (Lipinski definition) is 2. The molecule has 0 radical (unpaired) electrons. The van der Waals surface area contributed by atoms with E-state index in [1.807, 2.05) is 79.7 Å². The van der Waals surface area contributed by atoms with E-state index in [1.54, 1.807) is 12.1 Å². The number of rotatable bonds is 5. The van der Waals surface area contributed by atoms with Crippen LogP contribution >= 0.6 is 11.3 Å². The average molecular weight is 413 g/mol. The van der Waals surface area contributed by atoms with Crippen molar-refractivity contribution in [2.24, 2.45) is 5.73 Å². The molecule has 0 saturated heterocycles. The quantitative estimate of drug-likeness (QED) is 0.439. The van der Waals surface area contributed by atoms with Crippen molar-refractivity contribution in [3.05, 3.63) is 101 Å². The molecule has 0 aliphatic rings. The van der Waals surface area contributed by atoms with E-state index in [2.05, 4.69) is 5.32 Å². The Bertz CT molecular complexity index is 1200. The molecule has 1 heterocycles. The van der Waals surface area contributed by atoms with Crippen molar-refractivity contribution in [2.75, 3.05) is 5.32 Å². The van der Waals surface area contributed by atoms with E-state index in [1.165, 1.54) is 11.3 Å². The van der Waals surface area contributed by atoms with Crippen molar-refractivity contribution in [1.82, 2.24) is 0 Å². The van der Waals surface area contributed by atoms with Gasteiger partial charge in [0, 0.05) is 16.0 Å². The van der Waals surface area contributed by atoms with Crippen molar-refractivity contribution in [1.29, 1.82) is 0 Å². The van der Waals surface area contributed by atoms with Gasteiger partial charge in [0.15, 0.2) is 0 Å². The highest BCUT2D eigenvalue weighted by Crippen LogP contribution is 2.39. The smallest absolute Gasteiger partial charge is 0.256 e. The lowest BCUT2D eigenvalue weighted by Gasteiger charge is -2.08. The highest BCUT2D eigenvalue weighted by molar-refractivity contribution is 7.17. The van der Waals surface area contributed by atoms with Crippen LogP contribution in [0.2, 0.25) is 0 Å². The van der Waals surface area contributed by atoms with Crippen LogP contribution in [0.3, 0.4) is 0 Å². The van der Waals surface area contributed by atoms with Gasteiger partial charge in [0.2, 0.25) is 0 Å². The predicted octanol–water partition coefficient (Wildman–Crippen LogP) is 5.74. The van der Waals surface area contributed by atoms with E-state index in [-0.39, 0.29) is 5.91 Å². The molecule has 2 amide bonds. The lowest BCUT2D eigenvalue weighted by Crippen LogP contribution is -2.17. The molecule has 0 saturated carbocycles. The van der Waals surface area contributed by atoms with Gasteiger partial charge in [0.25, 0.3) is 11.8 Å². The van der Waals surface area contributed by atoms with Gasteiger partial charge in [-0.1, -0.05) is 72.8 Å². The summed E-state index contributed by atoms with van der Waals surface area (Å²) >= 11 is 1.35. The van der Waals surface area contributed by atoms with Crippen molar-refractivity contribution in [3.63, 3.8) is 0 Å². The second-order valence-electron chi connectivity index (χ2n) is 6.87. The maximum Gasteiger partial charge on any atom is 0.256 e. The number of primary amides is 1. The summed E-state index contributed by atoms with van der Waals surface area (Å²) in [5, 5.41) is 3.35. The zero-order chi connectivity index (χ0) is 21.1. The van der Waals surface area contributed by atoms with Gasteiger partial charge in [-0.15, -0.1) is 11.3 Å². The zero-order valence-corrected chi connectivity index (χ0v) is 17.2. The molecule has 0 fully saturated rings. The van der Waals surface area contributed by atoms with Crippen LogP contribution in [0, 0.1) is 6.92 Å². The summed E-state index contributed by atoms with van der Waals surface area (Å²) in [5.41, 5.74) is 10.3. The maximum absolute atomic E-state index is 12.8. The standard InChI is InChI=1S/C25H20N2O2S/c1-16-21(19-10-6-3-7-11-19)22(23(26)28)25(30-16)27-24(29)20-14-12-18(13-15-20)17-8-4-2-5-9-17/h2-15H,1H3,(H2,26,28)(H,27,29). The highest BCUT2D eigenvalue weighted by atomic mass is 32.1. The van der Waals surface area contributed by atoms with Crippen LogP contribution in [0.25, 0.3) is 22.3 Å². The van der Waals surface area contributed by atoms with Gasteiger partial charge in [-0.3, -0.25) is 9.59 Å². The Morgan fingerprint density at radius 1 is 0.767 bits per heavy atom. The first-order valence-corrected chi connectivity index (χ1v) is 10.3. The second-order valence-corrected chi connectivity index (χ2v) is 8.09. The summed E-state index contributed by atoms with van der Waals surface area (Å²) in [4.78, 5) is 26.0. The number of hydrogen-bond acceptors (Lipinski definition) is 3. The second kappa shape index (κ2) is 8.35. The van der Waals surface area contributed by atoms with E-state index in [0.29, 0.717) is 16.1 Å². The van der Waals surface area contributed by atoms with E-state index in [0.717, 1.165) is 27.1 Å². The van der Waals surface area contributed by atoms with Gasteiger partial charge in [0.05, 0.1) is 5.56 Å². The van der Waals surface area contributed by atoms with Crippen LogP contribution in [0.4, 0.5) is 5.00 Å². The van der Waals surface area contributed by atoms with Crippen LogP contribution in [-0.4, -0.2) is 11.8 Å². The number of nitrogens with one attached hydrogen (secondary N) is 1. The minimum Gasteiger partial charge on any atom is -0.365 e. The van der Waals surface area contributed by atoms with Crippen molar-refractivity contribution in [3.8, 4) is 22.3 Å². The number of benzene rings is 3. The summed E-state index contributed by atoms with van der Waals surface area (Å²) in [7, 11) is 0. The Labute approximate surface area is 179 Å². The third-order valence-corrected chi connectivity index (χ3v) is 5.90. The van der Waals surface area contributed by atoms with Gasteiger partial charge in [-0.05, 0) is 35.7 Å². The minimum atomic E-state index is -0.562. The predicted molar refractivity (Wildman–Crippen MR) is 123 cm³/mol. The number of carbonyl (C=O) groups is 2. The Hall–Kier alpha value is -3.70. The molecule has 0 spiro atoms. The number of anilines is 1. The number of aryl methyl sites for hydroxylation is 1. The topological polar surface area (TPSA) is 72.2 Å². The van der Waals surface area contributed by atoms with E-state index < -0.39 is 5.91 Å². The highest BCUT2D eigenvalue weighted by Gasteiger charge is 2.23. The summed E-state index contributed by atoms with van der Waals surface area (Å²) in [6, 6.07) is 26.9. The fourth-order valence-corrected chi connectivity index (χ4v) is 4.52. The lowest BCUT2D eigenvalue weighted by atomic mass is 10.0. The van der Waals surface area contributed by atoms with Crippen molar-refractivity contribution >= 4 is 28.2 Å². The Morgan fingerprint density at radius 3 is 1.87 bits per heavy atom. The summed E-state index contributed by atoms with van der Waals surface area (Å²) in [6.07, 6.45) is 0. The van der Waals surface area contributed by atoms with Crippen LogP contribution in [0.5, 0.6) is 0 Å². The molecule has 0 atom stereocenters. The summed E-state index contributed by atoms with van der Waals surface area (Å²) in [5.74, 6) is -0.842. The molecular weight excluding hydrogens is 392 g/mol. The molecule has 4 aromatic rings. The van der Waals surface area contributed by atoms with Crippen LogP contribution in [0.1, 0.15) is 25.6 Å². The van der Waals surface area contributed by atoms with Crippen molar-refractivity contribution in [2.45, 2.75) is 6.92 Å². The molecule has 148 valence electrons. The molecule has 5 heteroatoms. The lowest BCUT2D eigenvalue weighted by molar-refractivity contribution is 0.100. The number of nitrogens with two attached hydrogens (primary N) is 1. The molecule has 0 aliphatic heterocycles. The molecule has 4 nitrogen and oxygen atoms in total. The van der Waals surface area contributed by atoms with Gasteiger partial charge >= 0.3 is 0 Å². The van der Waals surface area contributed by atoms with Crippen LogP contribution in [0.15, 0.2) is 84.9 Å². The molecular formula is C25H20N2O2S. The minimum absolute atomic E-state index is 0.280. The van der Waals surface area contributed by atoms with Gasteiger partial charge in [-0.2, -0.15) is 0 Å². The molecule has 30 heavy (non-hydrogen) atoms. The first-order valence-electron chi connectivity index (χ1n) is 9.50. The van der Waals surface area contributed by atoms with E-state index in [4.69, 9.17) is 5.73 Å². The normalized spacial score (nSPS) is 10.6. The maximum atomic E-state index is 12.8. The fourth-order valence-electron chi connectivity index (χ4n) is 3.44. The fraction of sp³-hybridized carbons (Fsp3) is 0.0400. The van der Waals surface area contributed by atoms with Crippen LogP contribution < -0.4 is 11.1 Å². The molecule has 4 rings (SSSR count). The molecule has 0 bridgehead atoms. The van der Waals surface area contributed by atoms with Gasteiger partial charge in [0.1, 0.15) is 5.00 Å². The third-order valence-electron chi connectivity index (χ3n) is 4.87. The Kier molecular flexibility index (Phi) is 5.46. The molecule has 0 aliphatic carbocycles. The average Bonchev–Trinajstić information content (AvgIpc) is 3.11. The molecule has 3 aromatic carbocycles. The Morgan fingerprint density at radius 2 is 1.30 bits per heavy atom. The Balaban J connectivity index is 1.63. The van der Waals surface area contributed by atoms with Crippen LogP contribution in [-0.2, 0) is 0 Å². The first kappa shape index (κ1) is 19.6. The zero-order valence-electron chi connectivity index (χ0n) is 16.4. The molecule has 3 N–H and O–H groups in total. The van der Waals surface area contributed by atoms with Gasteiger partial charge < -0.3 is 11.1 Å². The SMILES string of the molecule is Cc1sc(NC(=O)c2ccc(-c3ccccc3)cc2)c(C(N)=O)c1-c1ccccc1. The number of thiophene rings is 1. The van der Waals surface area contributed by atoms with E-state index in [9.17, 15) is 9.59 Å². The first-order chi connectivity index (χ1) is 14.5. The summed E-state index contributed by atoms with van der Waals surface area (Å²) < 4.78 is 0. The molecule has 0 unspecified atom stereocenters. The largest absolute Gasteiger partial charge is 0.365 e. The number of amides is 2. The van der Waals surface area contributed by atoms with E-state index >= 15 is 0 Å². The van der Waals surface area contributed by atoms with Crippen molar-refractivity contribution < 1.29 is 9.59 Å². The monoisotopic (exact) mass is 412 g/mol. The number of carbonyl (C=O) groups excluding carboxylic acids is 2. The third kappa shape index (κ3) is 3.88. The summed E-state index contributed by atoms with van der Waals surface area (Å²) in [6.45, 7) is 1.92.